The highest BCUT2D eigenvalue weighted by atomic mass is 35.5. The van der Waals surface area contributed by atoms with E-state index in [9.17, 15) is 4.79 Å². The fraction of sp³-hybridized carbons (Fsp3) is 0.812. The molecule has 1 unspecified atom stereocenters. The number of hydrogen-bond donors (Lipinski definition) is 2. The van der Waals surface area contributed by atoms with Gasteiger partial charge in [-0.2, -0.15) is 5.10 Å². The van der Waals surface area contributed by atoms with Gasteiger partial charge in [-0.3, -0.25) is 9.89 Å². The van der Waals surface area contributed by atoms with Crippen LogP contribution >= 0.6 is 24.8 Å². The molecule has 0 bridgehead atoms. The summed E-state index contributed by atoms with van der Waals surface area (Å²) >= 11 is 0. The van der Waals surface area contributed by atoms with Crippen LogP contribution in [0, 0.1) is 12.3 Å². The molecule has 0 radical (unpaired) electrons. The minimum absolute atomic E-state index is 0. The zero-order chi connectivity index (χ0) is 16.3. The second kappa shape index (κ2) is 9.71. The molecule has 1 aliphatic carbocycles. The summed E-state index contributed by atoms with van der Waals surface area (Å²) in [5.74, 6) is 1.58. The minimum atomic E-state index is -0.238. The number of rotatable bonds is 4. The maximum atomic E-state index is 12.8. The van der Waals surface area contributed by atoms with Crippen molar-refractivity contribution in [2.24, 2.45) is 11.1 Å². The van der Waals surface area contributed by atoms with Crippen molar-refractivity contribution in [2.75, 3.05) is 26.2 Å². The lowest BCUT2D eigenvalue weighted by Gasteiger charge is -2.39. The summed E-state index contributed by atoms with van der Waals surface area (Å²) < 4.78 is 5.74. The maximum absolute atomic E-state index is 12.8. The standard InChI is InChI=1S/C16H27N5O2.2ClH/c1-12-18-15(20-19-12)13-10-21(7-8-23-13)14(22)9-16(11-17)5-3-2-4-6-16;;/h13H,2-11,17H2,1H3,(H,18,19,20);2*1H. The lowest BCUT2D eigenvalue weighted by molar-refractivity contribution is -0.142. The van der Waals surface area contributed by atoms with Gasteiger partial charge in [-0.25, -0.2) is 4.98 Å². The van der Waals surface area contributed by atoms with Crippen LogP contribution in [-0.2, 0) is 9.53 Å². The van der Waals surface area contributed by atoms with E-state index in [1.54, 1.807) is 0 Å². The Morgan fingerprint density at radius 1 is 1.36 bits per heavy atom. The van der Waals surface area contributed by atoms with Crippen LogP contribution in [0.4, 0.5) is 0 Å². The Kier molecular flexibility index (Phi) is 8.60. The topological polar surface area (TPSA) is 97.1 Å². The van der Waals surface area contributed by atoms with E-state index in [1.165, 1.54) is 19.3 Å². The first-order valence-corrected chi connectivity index (χ1v) is 8.60. The van der Waals surface area contributed by atoms with Crippen LogP contribution in [0.5, 0.6) is 0 Å². The Hall–Kier alpha value is -0.890. The molecule has 9 heteroatoms. The van der Waals surface area contributed by atoms with Crippen LogP contribution in [0.2, 0.25) is 0 Å². The number of morpholine rings is 1. The number of nitrogens with two attached hydrogens (primary N) is 1. The Labute approximate surface area is 161 Å². The number of aromatic amines is 1. The first-order valence-electron chi connectivity index (χ1n) is 8.60. The molecule has 1 aromatic heterocycles. The van der Waals surface area contributed by atoms with E-state index in [0.717, 1.165) is 18.7 Å². The van der Waals surface area contributed by atoms with Gasteiger partial charge >= 0.3 is 0 Å². The number of carbonyl (C=O) groups is 1. The number of ether oxygens (including phenoxy) is 1. The molecule has 25 heavy (non-hydrogen) atoms. The third-order valence-corrected chi connectivity index (χ3v) is 5.20. The number of carbonyl (C=O) groups excluding carboxylic acids is 1. The van der Waals surface area contributed by atoms with Crippen molar-refractivity contribution in [1.29, 1.82) is 0 Å². The van der Waals surface area contributed by atoms with Gasteiger partial charge in [-0.05, 0) is 31.7 Å². The Morgan fingerprint density at radius 3 is 2.68 bits per heavy atom. The van der Waals surface area contributed by atoms with Crippen molar-refractivity contribution < 1.29 is 9.53 Å². The molecule has 1 atom stereocenters. The van der Waals surface area contributed by atoms with E-state index >= 15 is 0 Å². The predicted octanol–water partition coefficient (Wildman–Crippen LogP) is 2.16. The monoisotopic (exact) mass is 393 g/mol. The largest absolute Gasteiger partial charge is 0.366 e. The van der Waals surface area contributed by atoms with Crippen LogP contribution in [0.3, 0.4) is 0 Å². The zero-order valence-corrected chi connectivity index (χ0v) is 16.3. The van der Waals surface area contributed by atoms with Gasteiger partial charge in [0.25, 0.3) is 0 Å². The van der Waals surface area contributed by atoms with Crippen LogP contribution in [0.1, 0.15) is 56.3 Å². The molecule has 2 aliphatic rings. The second-order valence-electron chi connectivity index (χ2n) is 6.92. The zero-order valence-electron chi connectivity index (χ0n) is 14.7. The van der Waals surface area contributed by atoms with Gasteiger partial charge in [-0.1, -0.05) is 19.3 Å². The lowest BCUT2D eigenvalue weighted by Crippen LogP contribution is -2.46. The van der Waals surface area contributed by atoms with Crippen molar-refractivity contribution in [3.63, 3.8) is 0 Å². The van der Waals surface area contributed by atoms with Crippen molar-refractivity contribution in [1.82, 2.24) is 20.1 Å². The summed E-state index contributed by atoms with van der Waals surface area (Å²) in [7, 11) is 0. The number of nitrogens with one attached hydrogen (secondary N) is 1. The maximum Gasteiger partial charge on any atom is 0.223 e. The molecule has 2 heterocycles. The van der Waals surface area contributed by atoms with E-state index in [-0.39, 0.29) is 42.2 Å². The summed E-state index contributed by atoms with van der Waals surface area (Å²) in [5.41, 5.74) is 6.02. The molecule has 0 spiro atoms. The molecule has 1 amide bonds. The summed E-state index contributed by atoms with van der Waals surface area (Å²) in [6, 6.07) is 0. The summed E-state index contributed by atoms with van der Waals surface area (Å²) in [4.78, 5) is 19.0. The molecule has 7 nitrogen and oxygen atoms in total. The number of hydrogen-bond acceptors (Lipinski definition) is 5. The number of amides is 1. The molecule has 1 saturated heterocycles. The van der Waals surface area contributed by atoms with Gasteiger partial charge in [0.1, 0.15) is 11.9 Å². The highest BCUT2D eigenvalue weighted by Crippen LogP contribution is 2.39. The van der Waals surface area contributed by atoms with E-state index in [0.29, 0.717) is 38.5 Å². The predicted molar refractivity (Wildman–Crippen MR) is 100 cm³/mol. The molecule has 0 aromatic carbocycles. The van der Waals surface area contributed by atoms with Crippen molar-refractivity contribution >= 4 is 30.7 Å². The summed E-state index contributed by atoms with van der Waals surface area (Å²) in [5, 5.41) is 6.99. The summed E-state index contributed by atoms with van der Waals surface area (Å²) in [6.07, 6.45) is 6.10. The second-order valence-corrected chi connectivity index (χ2v) is 6.92. The van der Waals surface area contributed by atoms with Crippen molar-refractivity contribution in [3.8, 4) is 0 Å². The minimum Gasteiger partial charge on any atom is -0.366 e. The van der Waals surface area contributed by atoms with Crippen molar-refractivity contribution in [2.45, 2.75) is 51.6 Å². The molecule has 1 aliphatic heterocycles. The average Bonchev–Trinajstić information content (AvgIpc) is 3.02. The van der Waals surface area contributed by atoms with E-state index < -0.39 is 0 Å². The molecule has 1 saturated carbocycles. The lowest BCUT2D eigenvalue weighted by atomic mass is 9.71. The number of nitrogens with zero attached hydrogens (tertiary/aromatic N) is 3. The fourth-order valence-corrected chi connectivity index (χ4v) is 3.72. The van der Waals surface area contributed by atoms with Gasteiger partial charge in [0.15, 0.2) is 5.82 Å². The van der Waals surface area contributed by atoms with E-state index in [1.807, 2.05) is 11.8 Å². The number of aryl methyl sites for hydroxylation is 1. The number of halogens is 2. The van der Waals surface area contributed by atoms with Gasteiger partial charge in [0.2, 0.25) is 5.91 Å². The summed E-state index contributed by atoms with van der Waals surface area (Å²) in [6.45, 7) is 4.15. The van der Waals surface area contributed by atoms with Crippen LogP contribution in [0.15, 0.2) is 0 Å². The SMILES string of the molecule is Cc1nc(C2CN(C(=O)CC3(CN)CCCCC3)CCO2)n[nH]1.Cl.Cl. The fourth-order valence-electron chi connectivity index (χ4n) is 3.72. The van der Waals surface area contributed by atoms with E-state index in [2.05, 4.69) is 15.2 Å². The average molecular weight is 394 g/mol. The quantitative estimate of drug-likeness (QED) is 0.816. The third-order valence-electron chi connectivity index (χ3n) is 5.20. The highest BCUT2D eigenvalue weighted by molar-refractivity contribution is 5.85. The first kappa shape index (κ1) is 22.2. The van der Waals surface area contributed by atoms with Crippen LogP contribution < -0.4 is 5.73 Å². The molecule has 1 aromatic rings. The molecule has 3 rings (SSSR count). The molecular formula is C16H29Cl2N5O2. The first-order chi connectivity index (χ1) is 11.1. The molecule has 144 valence electrons. The van der Waals surface area contributed by atoms with Crippen LogP contribution in [-0.4, -0.2) is 52.2 Å². The Bertz CT molecular complexity index is 548. The van der Waals surface area contributed by atoms with Crippen LogP contribution in [0.25, 0.3) is 0 Å². The Balaban J connectivity index is 0.00000156. The Morgan fingerprint density at radius 2 is 2.08 bits per heavy atom. The van der Waals surface area contributed by atoms with Crippen molar-refractivity contribution in [3.05, 3.63) is 11.6 Å². The number of H-pyrrole nitrogens is 1. The molecule has 2 fully saturated rings. The third kappa shape index (κ3) is 5.29. The highest BCUT2D eigenvalue weighted by Gasteiger charge is 2.36. The molecule has 3 N–H and O–H groups in total. The van der Waals surface area contributed by atoms with E-state index in [4.69, 9.17) is 10.5 Å². The van der Waals surface area contributed by atoms with Gasteiger partial charge in [0.05, 0.1) is 13.2 Å². The van der Waals surface area contributed by atoms with Gasteiger partial charge < -0.3 is 15.4 Å². The van der Waals surface area contributed by atoms with Gasteiger partial charge in [-0.15, -0.1) is 24.8 Å². The number of aromatic nitrogens is 3. The molecular weight excluding hydrogens is 365 g/mol. The smallest absolute Gasteiger partial charge is 0.223 e. The normalized spacial score (nSPS) is 22.6. The van der Waals surface area contributed by atoms with Gasteiger partial charge in [0, 0.05) is 13.0 Å².